The van der Waals surface area contributed by atoms with Crippen molar-refractivity contribution >= 4 is 0 Å². The van der Waals surface area contributed by atoms with Crippen LogP contribution in [-0.4, -0.2) is 17.8 Å². The molecule has 0 fully saturated rings. The SMILES string of the molecule is OCCC1Cc2c(F)cccc2O1. The van der Waals surface area contributed by atoms with Crippen molar-refractivity contribution in [3.8, 4) is 5.75 Å². The molecule has 0 bridgehead atoms. The third-order valence-electron chi connectivity index (χ3n) is 2.25. The van der Waals surface area contributed by atoms with Gasteiger partial charge in [-0.25, -0.2) is 4.39 Å². The van der Waals surface area contributed by atoms with Gasteiger partial charge in [-0.15, -0.1) is 0 Å². The summed E-state index contributed by atoms with van der Waals surface area (Å²) in [7, 11) is 0. The lowest BCUT2D eigenvalue weighted by Crippen LogP contribution is -2.14. The molecule has 0 aliphatic carbocycles. The zero-order chi connectivity index (χ0) is 9.26. The molecule has 13 heavy (non-hydrogen) atoms. The molecule has 1 atom stereocenters. The van der Waals surface area contributed by atoms with Gasteiger partial charge in [0.25, 0.3) is 0 Å². The number of aliphatic hydroxyl groups is 1. The molecule has 1 aromatic rings. The first-order chi connectivity index (χ1) is 6.31. The van der Waals surface area contributed by atoms with E-state index in [1.165, 1.54) is 6.07 Å². The number of rotatable bonds is 2. The number of hydrogen-bond acceptors (Lipinski definition) is 2. The standard InChI is InChI=1S/C10H11FO2/c11-9-2-1-3-10-8(9)6-7(13-10)4-5-12/h1-3,7,12H,4-6H2. The average Bonchev–Trinajstić information content (AvgIpc) is 2.49. The summed E-state index contributed by atoms with van der Waals surface area (Å²) in [6, 6.07) is 4.83. The molecule has 1 aromatic carbocycles. The Labute approximate surface area is 76.0 Å². The topological polar surface area (TPSA) is 29.5 Å². The maximum atomic E-state index is 13.2. The fourth-order valence-electron chi connectivity index (χ4n) is 1.60. The van der Waals surface area contributed by atoms with Crippen LogP contribution in [0.25, 0.3) is 0 Å². The summed E-state index contributed by atoms with van der Waals surface area (Å²) < 4.78 is 18.6. The van der Waals surface area contributed by atoms with Crippen LogP contribution < -0.4 is 4.74 Å². The Balaban J connectivity index is 2.20. The second-order valence-corrected chi connectivity index (χ2v) is 3.17. The molecule has 1 aliphatic heterocycles. The van der Waals surface area contributed by atoms with E-state index in [0.717, 1.165) is 0 Å². The fraction of sp³-hybridized carbons (Fsp3) is 0.400. The van der Waals surface area contributed by atoms with Crippen LogP contribution in [0.1, 0.15) is 12.0 Å². The molecule has 0 aromatic heterocycles. The van der Waals surface area contributed by atoms with E-state index in [-0.39, 0.29) is 18.5 Å². The zero-order valence-electron chi connectivity index (χ0n) is 7.16. The van der Waals surface area contributed by atoms with Crippen molar-refractivity contribution in [2.75, 3.05) is 6.61 Å². The molecular weight excluding hydrogens is 171 g/mol. The third-order valence-corrected chi connectivity index (χ3v) is 2.25. The van der Waals surface area contributed by atoms with Crippen LogP contribution in [0.3, 0.4) is 0 Å². The van der Waals surface area contributed by atoms with E-state index in [2.05, 4.69) is 0 Å². The van der Waals surface area contributed by atoms with E-state index < -0.39 is 0 Å². The Morgan fingerprint density at radius 3 is 3.08 bits per heavy atom. The van der Waals surface area contributed by atoms with Gasteiger partial charge in [-0.05, 0) is 12.1 Å². The first-order valence-electron chi connectivity index (χ1n) is 4.36. The highest BCUT2D eigenvalue weighted by molar-refractivity contribution is 5.38. The van der Waals surface area contributed by atoms with Gasteiger partial charge in [0.15, 0.2) is 0 Å². The van der Waals surface area contributed by atoms with E-state index in [9.17, 15) is 4.39 Å². The van der Waals surface area contributed by atoms with Crippen LogP contribution in [0.2, 0.25) is 0 Å². The van der Waals surface area contributed by atoms with Gasteiger partial charge in [0, 0.05) is 25.0 Å². The van der Waals surface area contributed by atoms with E-state index in [1.54, 1.807) is 12.1 Å². The lowest BCUT2D eigenvalue weighted by Gasteiger charge is -2.07. The van der Waals surface area contributed by atoms with E-state index in [4.69, 9.17) is 9.84 Å². The first kappa shape index (κ1) is 8.51. The normalized spacial score (nSPS) is 19.7. The van der Waals surface area contributed by atoms with Crippen LogP contribution in [0.15, 0.2) is 18.2 Å². The zero-order valence-corrected chi connectivity index (χ0v) is 7.16. The van der Waals surface area contributed by atoms with Crippen LogP contribution >= 0.6 is 0 Å². The summed E-state index contributed by atoms with van der Waals surface area (Å²) in [5.41, 5.74) is 0.640. The monoisotopic (exact) mass is 182 g/mol. The molecule has 2 rings (SSSR count). The highest BCUT2D eigenvalue weighted by Gasteiger charge is 2.24. The van der Waals surface area contributed by atoms with Gasteiger partial charge in [-0.2, -0.15) is 0 Å². The number of benzene rings is 1. The van der Waals surface area contributed by atoms with Crippen molar-refractivity contribution in [2.24, 2.45) is 0 Å². The predicted octanol–water partition coefficient (Wildman–Crippen LogP) is 1.51. The number of aliphatic hydroxyl groups excluding tert-OH is 1. The van der Waals surface area contributed by atoms with Crippen molar-refractivity contribution in [1.29, 1.82) is 0 Å². The fourth-order valence-corrected chi connectivity index (χ4v) is 1.60. The van der Waals surface area contributed by atoms with Gasteiger partial charge in [-0.1, -0.05) is 6.07 Å². The molecule has 0 spiro atoms. The first-order valence-corrected chi connectivity index (χ1v) is 4.36. The second-order valence-electron chi connectivity index (χ2n) is 3.17. The van der Waals surface area contributed by atoms with Gasteiger partial charge >= 0.3 is 0 Å². The summed E-state index contributed by atoms with van der Waals surface area (Å²) in [6.45, 7) is 0.0836. The van der Waals surface area contributed by atoms with E-state index in [0.29, 0.717) is 24.2 Å². The van der Waals surface area contributed by atoms with Gasteiger partial charge in [0.05, 0.1) is 0 Å². The minimum Gasteiger partial charge on any atom is -0.490 e. The number of ether oxygens (including phenoxy) is 1. The van der Waals surface area contributed by atoms with Crippen LogP contribution in [-0.2, 0) is 6.42 Å². The minimum atomic E-state index is -0.210. The van der Waals surface area contributed by atoms with Crippen molar-refractivity contribution in [2.45, 2.75) is 18.9 Å². The summed E-state index contributed by atoms with van der Waals surface area (Å²) in [5.74, 6) is 0.413. The van der Waals surface area contributed by atoms with Gasteiger partial charge in [-0.3, -0.25) is 0 Å². The van der Waals surface area contributed by atoms with Crippen molar-refractivity contribution in [1.82, 2.24) is 0 Å². The molecule has 1 heterocycles. The maximum absolute atomic E-state index is 13.2. The quantitative estimate of drug-likeness (QED) is 0.751. The lowest BCUT2D eigenvalue weighted by molar-refractivity contribution is 0.175. The van der Waals surface area contributed by atoms with Gasteiger partial charge in [0.2, 0.25) is 0 Å². The third kappa shape index (κ3) is 1.52. The van der Waals surface area contributed by atoms with Crippen molar-refractivity contribution < 1.29 is 14.2 Å². The van der Waals surface area contributed by atoms with Crippen molar-refractivity contribution in [3.05, 3.63) is 29.6 Å². The molecule has 2 nitrogen and oxygen atoms in total. The summed E-state index contributed by atoms with van der Waals surface area (Å²) in [4.78, 5) is 0. The molecule has 1 aliphatic rings. The Kier molecular flexibility index (Phi) is 2.19. The van der Waals surface area contributed by atoms with Gasteiger partial charge in [0.1, 0.15) is 17.7 Å². The molecule has 0 amide bonds. The molecule has 0 saturated carbocycles. The molecule has 1 N–H and O–H groups in total. The van der Waals surface area contributed by atoms with Crippen LogP contribution in [0.4, 0.5) is 4.39 Å². The molecule has 0 radical (unpaired) electrons. The molecular formula is C10H11FO2. The second kappa shape index (κ2) is 3.34. The molecule has 3 heteroatoms. The Bertz CT molecular complexity index is 312. The number of halogens is 1. The highest BCUT2D eigenvalue weighted by Crippen LogP contribution is 2.31. The van der Waals surface area contributed by atoms with Crippen molar-refractivity contribution in [3.63, 3.8) is 0 Å². The van der Waals surface area contributed by atoms with Crippen LogP contribution in [0.5, 0.6) is 5.75 Å². The van der Waals surface area contributed by atoms with Gasteiger partial charge < -0.3 is 9.84 Å². The Morgan fingerprint density at radius 2 is 2.38 bits per heavy atom. The summed E-state index contributed by atoms with van der Waals surface area (Å²) >= 11 is 0. The Hall–Kier alpha value is -1.09. The Morgan fingerprint density at radius 1 is 1.54 bits per heavy atom. The highest BCUT2D eigenvalue weighted by atomic mass is 19.1. The molecule has 70 valence electrons. The largest absolute Gasteiger partial charge is 0.490 e. The number of hydrogen-bond donors (Lipinski definition) is 1. The van der Waals surface area contributed by atoms with E-state index >= 15 is 0 Å². The van der Waals surface area contributed by atoms with E-state index in [1.807, 2.05) is 0 Å². The predicted molar refractivity (Wildman–Crippen MR) is 46.2 cm³/mol. The summed E-state index contributed by atoms with van der Waals surface area (Å²) in [5, 5.41) is 8.70. The maximum Gasteiger partial charge on any atom is 0.130 e. The smallest absolute Gasteiger partial charge is 0.130 e. The number of fused-ring (bicyclic) bond motifs is 1. The molecule has 1 unspecified atom stereocenters. The summed E-state index contributed by atoms with van der Waals surface area (Å²) in [6.07, 6.45) is 1.08. The lowest BCUT2D eigenvalue weighted by atomic mass is 10.1. The van der Waals surface area contributed by atoms with Crippen LogP contribution in [0, 0.1) is 5.82 Å². The molecule has 0 saturated heterocycles. The average molecular weight is 182 g/mol. The minimum absolute atomic E-state index is 0.0584.